The molecule has 0 fully saturated rings. The van der Waals surface area contributed by atoms with Crippen LogP contribution in [0.5, 0.6) is 0 Å². The van der Waals surface area contributed by atoms with E-state index in [1.54, 1.807) is 0 Å². The molecule has 2 aromatic carbocycles. The molecule has 0 aliphatic carbocycles. The van der Waals surface area contributed by atoms with E-state index in [9.17, 15) is 0 Å². The summed E-state index contributed by atoms with van der Waals surface area (Å²) in [6.45, 7) is 1.55. The van der Waals surface area contributed by atoms with Crippen LogP contribution in [0.1, 0.15) is 11.1 Å². The molecule has 0 aromatic heterocycles. The van der Waals surface area contributed by atoms with Gasteiger partial charge in [0.25, 0.3) is 0 Å². The minimum Gasteiger partial charge on any atom is -0.380 e. The van der Waals surface area contributed by atoms with Gasteiger partial charge in [-0.15, -0.1) is 0 Å². The van der Waals surface area contributed by atoms with Crippen LogP contribution in [0.3, 0.4) is 0 Å². The first kappa shape index (κ1) is 12.9. The molecule has 1 heterocycles. The average molecular weight is 286 g/mol. The highest BCUT2D eigenvalue weighted by Crippen LogP contribution is 2.23. The molecular weight excluding hydrogens is 270 g/mol. The second-order valence-corrected chi connectivity index (χ2v) is 5.08. The fraction of sp³-hybridized carbons (Fsp3) is 0.125. The van der Waals surface area contributed by atoms with Crippen LogP contribution in [0.2, 0.25) is 5.02 Å². The topological polar surface area (TPSA) is 36.1 Å². The molecule has 2 aromatic rings. The Balaban J connectivity index is 1.75. The maximum atomic E-state index is 5.90. The minimum atomic E-state index is 0.764. The summed E-state index contributed by atoms with van der Waals surface area (Å²) in [4.78, 5) is 0. The van der Waals surface area contributed by atoms with E-state index in [4.69, 9.17) is 11.6 Å². The van der Waals surface area contributed by atoms with E-state index < -0.39 is 0 Å². The van der Waals surface area contributed by atoms with E-state index in [2.05, 4.69) is 28.1 Å². The van der Waals surface area contributed by atoms with Crippen LogP contribution in [-0.4, -0.2) is 6.67 Å². The van der Waals surface area contributed by atoms with Crippen LogP contribution in [0.15, 0.2) is 54.7 Å². The lowest BCUT2D eigenvalue weighted by atomic mass is 10.1. The first-order valence-electron chi connectivity index (χ1n) is 6.58. The van der Waals surface area contributed by atoms with Crippen LogP contribution < -0.4 is 16.0 Å². The Bertz CT molecular complexity index is 620. The van der Waals surface area contributed by atoms with Crippen LogP contribution >= 0.6 is 11.6 Å². The number of rotatable bonds is 4. The molecule has 4 heteroatoms. The smallest absolute Gasteiger partial charge is 0.0846 e. The molecule has 0 radical (unpaired) electrons. The lowest BCUT2D eigenvalue weighted by Gasteiger charge is -2.13. The van der Waals surface area contributed by atoms with Gasteiger partial charge in [-0.3, -0.25) is 0 Å². The molecular formula is C16H16ClN3. The average Bonchev–Trinajstić information content (AvgIpc) is 3.01. The zero-order valence-corrected chi connectivity index (χ0v) is 11.7. The van der Waals surface area contributed by atoms with E-state index in [1.165, 1.54) is 11.1 Å². The Morgan fingerprint density at radius 2 is 1.85 bits per heavy atom. The molecule has 1 aliphatic heterocycles. The molecule has 0 amide bonds. The predicted octanol–water partition coefficient (Wildman–Crippen LogP) is 3.40. The second-order valence-electron chi connectivity index (χ2n) is 4.64. The number of benzene rings is 2. The Kier molecular flexibility index (Phi) is 3.79. The summed E-state index contributed by atoms with van der Waals surface area (Å²) in [6.07, 6.45) is 2.00. The summed E-state index contributed by atoms with van der Waals surface area (Å²) in [5.74, 6) is 0. The van der Waals surface area contributed by atoms with Crippen molar-refractivity contribution >= 4 is 23.0 Å². The van der Waals surface area contributed by atoms with Crippen molar-refractivity contribution < 1.29 is 0 Å². The lowest BCUT2D eigenvalue weighted by molar-refractivity contribution is 0.843. The Hall–Kier alpha value is -2.13. The monoisotopic (exact) mass is 285 g/mol. The van der Waals surface area contributed by atoms with Gasteiger partial charge in [0, 0.05) is 29.0 Å². The van der Waals surface area contributed by atoms with Crippen molar-refractivity contribution in [3.8, 4) is 0 Å². The van der Waals surface area contributed by atoms with Gasteiger partial charge in [0.1, 0.15) is 0 Å². The number of nitrogens with one attached hydrogen (secondary N) is 3. The molecule has 0 unspecified atom stereocenters. The summed E-state index contributed by atoms with van der Waals surface area (Å²) in [7, 11) is 0. The lowest BCUT2D eigenvalue weighted by Crippen LogP contribution is -2.14. The maximum Gasteiger partial charge on any atom is 0.0846 e. The third-order valence-corrected chi connectivity index (χ3v) is 3.49. The summed E-state index contributed by atoms with van der Waals surface area (Å²) in [5, 5.41) is 10.7. The van der Waals surface area contributed by atoms with E-state index in [0.29, 0.717) is 0 Å². The predicted molar refractivity (Wildman–Crippen MR) is 84.3 cm³/mol. The van der Waals surface area contributed by atoms with Crippen LogP contribution in [0.25, 0.3) is 5.70 Å². The summed E-state index contributed by atoms with van der Waals surface area (Å²) < 4.78 is 0. The van der Waals surface area contributed by atoms with Gasteiger partial charge in [-0.2, -0.15) is 0 Å². The quantitative estimate of drug-likeness (QED) is 0.806. The third-order valence-electron chi connectivity index (χ3n) is 3.24. The molecule has 3 nitrogen and oxygen atoms in total. The molecule has 0 saturated carbocycles. The van der Waals surface area contributed by atoms with Crippen molar-refractivity contribution in [2.45, 2.75) is 6.54 Å². The van der Waals surface area contributed by atoms with Crippen molar-refractivity contribution in [3.63, 3.8) is 0 Å². The van der Waals surface area contributed by atoms with E-state index in [0.717, 1.165) is 29.6 Å². The van der Waals surface area contributed by atoms with Crippen LogP contribution in [-0.2, 0) is 6.54 Å². The Morgan fingerprint density at radius 1 is 1.05 bits per heavy atom. The molecule has 3 rings (SSSR count). The molecule has 1 aliphatic rings. The van der Waals surface area contributed by atoms with Gasteiger partial charge < -0.3 is 16.0 Å². The van der Waals surface area contributed by atoms with Gasteiger partial charge in [-0.05, 0) is 23.8 Å². The molecule has 3 N–H and O–H groups in total. The van der Waals surface area contributed by atoms with E-state index in [1.807, 2.05) is 42.6 Å². The molecule has 0 bridgehead atoms. The molecule has 102 valence electrons. The zero-order chi connectivity index (χ0) is 13.8. The Labute approximate surface area is 123 Å². The largest absolute Gasteiger partial charge is 0.380 e. The van der Waals surface area contributed by atoms with Gasteiger partial charge in [0.2, 0.25) is 0 Å². The molecule has 0 saturated heterocycles. The maximum absolute atomic E-state index is 5.90. The second kappa shape index (κ2) is 5.88. The zero-order valence-electron chi connectivity index (χ0n) is 11.0. The molecule has 0 atom stereocenters. The van der Waals surface area contributed by atoms with Gasteiger partial charge in [0.15, 0.2) is 0 Å². The van der Waals surface area contributed by atoms with E-state index >= 15 is 0 Å². The molecule has 0 spiro atoms. The van der Waals surface area contributed by atoms with Gasteiger partial charge in [0.05, 0.1) is 12.4 Å². The van der Waals surface area contributed by atoms with Crippen molar-refractivity contribution in [1.29, 1.82) is 0 Å². The highest BCUT2D eigenvalue weighted by Gasteiger charge is 2.09. The van der Waals surface area contributed by atoms with Gasteiger partial charge in [-0.25, -0.2) is 0 Å². The first-order chi connectivity index (χ1) is 9.83. The summed E-state index contributed by atoms with van der Waals surface area (Å²) >= 11 is 5.90. The van der Waals surface area contributed by atoms with Crippen molar-refractivity contribution in [2.75, 3.05) is 12.0 Å². The van der Waals surface area contributed by atoms with Crippen LogP contribution in [0.4, 0.5) is 5.69 Å². The molecule has 20 heavy (non-hydrogen) atoms. The van der Waals surface area contributed by atoms with Crippen molar-refractivity contribution in [3.05, 3.63) is 70.9 Å². The van der Waals surface area contributed by atoms with Crippen molar-refractivity contribution in [2.24, 2.45) is 0 Å². The number of para-hydroxylation sites is 1. The van der Waals surface area contributed by atoms with Crippen LogP contribution in [0, 0.1) is 0 Å². The number of halogens is 1. The fourth-order valence-electron chi connectivity index (χ4n) is 2.20. The minimum absolute atomic E-state index is 0.764. The third kappa shape index (κ3) is 2.89. The summed E-state index contributed by atoms with van der Waals surface area (Å²) in [6, 6.07) is 16.2. The fourth-order valence-corrected chi connectivity index (χ4v) is 2.32. The highest BCUT2D eigenvalue weighted by molar-refractivity contribution is 6.30. The number of hydrogen-bond acceptors (Lipinski definition) is 3. The SMILES string of the molecule is Clc1ccc(CNc2ccccc2C2=CNCN2)cc1. The normalized spacial score (nSPS) is 13.3. The summed E-state index contributed by atoms with van der Waals surface area (Å²) in [5.41, 5.74) is 4.61. The number of anilines is 1. The first-order valence-corrected chi connectivity index (χ1v) is 6.96. The number of hydrogen-bond donors (Lipinski definition) is 3. The highest BCUT2D eigenvalue weighted by atomic mass is 35.5. The van der Waals surface area contributed by atoms with Crippen molar-refractivity contribution in [1.82, 2.24) is 10.6 Å². The van der Waals surface area contributed by atoms with Gasteiger partial charge >= 0.3 is 0 Å². The standard InChI is InChI=1S/C16H16ClN3/c17-13-7-5-12(6-8-13)9-19-15-4-2-1-3-14(15)16-10-18-11-20-16/h1-8,10,18-20H,9,11H2. The Morgan fingerprint density at radius 3 is 2.60 bits per heavy atom. The van der Waals surface area contributed by atoms with Gasteiger partial charge in [-0.1, -0.05) is 41.9 Å². The van der Waals surface area contributed by atoms with E-state index in [-0.39, 0.29) is 0 Å².